The number of anilines is 1. The van der Waals surface area contributed by atoms with Gasteiger partial charge in [0.1, 0.15) is 11.4 Å². The Morgan fingerprint density at radius 3 is 2.55 bits per heavy atom. The zero-order chi connectivity index (χ0) is 20.0. The standard InChI is InChI=1S/C26H28ClNO/c1-3-28(22-11-10-19-8-4-5-9-20(19)15-22)24-17-26(12-6-7-13-26)29-25-18(2)14-21(27)16-23(24)25/h4-5,8-11,14-16,24H,3,6-7,12-13,17H2,1-2H3. The molecule has 3 heteroatoms. The molecule has 2 aliphatic rings. The first kappa shape index (κ1) is 18.8. The van der Waals surface area contributed by atoms with Crippen molar-refractivity contribution in [3.05, 3.63) is 70.7 Å². The average molecular weight is 406 g/mol. The smallest absolute Gasteiger partial charge is 0.128 e. The van der Waals surface area contributed by atoms with Gasteiger partial charge in [0.05, 0.1) is 6.04 Å². The van der Waals surface area contributed by atoms with E-state index in [2.05, 4.69) is 67.3 Å². The van der Waals surface area contributed by atoms with Gasteiger partial charge < -0.3 is 9.64 Å². The maximum Gasteiger partial charge on any atom is 0.128 e. The van der Waals surface area contributed by atoms with Crippen LogP contribution >= 0.6 is 11.6 Å². The second kappa shape index (κ2) is 7.25. The van der Waals surface area contributed by atoms with E-state index in [0.717, 1.165) is 42.1 Å². The molecule has 0 bridgehead atoms. The molecule has 150 valence electrons. The molecule has 29 heavy (non-hydrogen) atoms. The SMILES string of the molecule is CCN(c1ccc2ccccc2c1)C1CC2(CCCC2)Oc2c(C)cc(Cl)cc21. The molecular weight excluding hydrogens is 378 g/mol. The van der Waals surface area contributed by atoms with Crippen LogP contribution in [-0.4, -0.2) is 12.1 Å². The summed E-state index contributed by atoms with van der Waals surface area (Å²) in [5.41, 5.74) is 3.64. The zero-order valence-electron chi connectivity index (χ0n) is 17.2. The summed E-state index contributed by atoms with van der Waals surface area (Å²) in [7, 11) is 0. The predicted molar refractivity (Wildman–Crippen MR) is 122 cm³/mol. The Morgan fingerprint density at radius 2 is 1.79 bits per heavy atom. The summed E-state index contributed by atoms with van der Waals surface area (Å²) in [4.78, 5) is 2.55. The third-order valence-corrected chi connectivity index (χ3v) is 7.03. The second-order valence-corrected chi connectivity index (χ2v) is 9.11. The average Bonchev–Trinajstić information content (AvgIpc) is 3.17. The van der Waals surface area contributed by atoms with Crippen molar-refractivity contribution in [2.45, 2.75) is 57.6 Å². The van der Waals surface area contributed by atoms with Gasteiger partial charge >= 0.3 is 0 Å². The summed E-state index contributed by atoms with van der Waals surface area (Å²) >= 11 is 6.50. The largest absolute Gasteiger partial charge is 0.487 e. The molecule has 0 amide bonds. The van der Waals surface area contributed by atoms with Gasteiger partial charge in [-0.25, -0.2) is 0 Å². The van der Waals surface area contributed by atoms with Crippen molar-refractivity contribution >= 4 is 28.1 Å². The van der Waals surface area contributed by atoms with Crippen LogP contribution in [-0.2, 0) is 0 Å². The lowest BCUT2D eigenvalue weighted by molar-refractivity contribution is 0.0405. The van der Waals surface area contributed by atoms with Crippen LogP contribution in [0, 0.1) is 6.92 Å². The zero-order valence-corrected chi connectivity index (χ0v) is 18.0. The van der Waals surface area contributed by atoms with Crippen molar-refractivity contribution in [3.8, 4) is 5.75 Å². The van der Waals surface area contributed by atoms with Crippen LogP contribution in [0.5, 0.6) is 5.75 Å². The highest BCUT2D eigenvalue weighted by Gasteiger charge is 2.45. The van der Waals surface area contributed by atoms with Crippen molar-refractivity contribution in [2.75, 3.05) is 11.4 Å². The van der Waals surface area contributed by atoms with E-state index in [1.54, 1.807) is 0 Å². The number of benzene rings is 3. The van der Waals surface area contributed by atoms with Gasteiger partial charge in [-0.1, -0.05) is 41.9 Å². The Bertz CT molecular complexity index is 1050. The number of nitrogens with zero attached hydrogens (tertiary/aromatic N) is 1. The summed E-state index contributed by atoms with van der Waals surface area (Å²) in [6.45, 7) is 5.33. The van der Waals surface area contributed by atoms with Gasteiger partial charge in [-0.05, 0) is 80.1 Å². The summed E-state index contributed by atoms with van der Waals surface area (Å²) < 4.78 is 6.71. The third-order valence-electron chi connectivity index (χ3n) is 6.81. The molecule has 5 rings (SSSR count). The molecule has 1 spiro atoms. The number of rotatable bonds is 3. The van der Waals surface area contributed by atoms with Crippen LogP contribution < -0.4 is 9.64 Å². The second-order valence-electron chi connectivity index (χ2n) is 8.67. The maximum atomic E-state index is 6.71. The molecule has 3 aromatic rings. The number of hydrogen-bond acceptors (Lipinski definition) is 2. The minimum atomic E-state index is -0.0273. The highest BCUT2D eigenvalue weighted by molar-refractivity contribution is 6.30. The molecule has 0 saturated heterocycles. The van der Waals surface area contributed by atoms with Crippen LogP contribution in [0.15, 0.2) is 54.6 Å². The molecule has 1 fully saturated rings. The molecule has 1 saturated carbocycles. The fraction of sp³-hybridized carbons (Fsp3) is 0.385. The van der Waals surface area contributed by atoms with E-state index in [1.165, 1.54) is 34.9 Å². The molecule has 1 atom stereocenters. The van der Waals surface area contributed by atoms with Gasteiger partial charge in [-0.15, -0.1) is 0 Å². The first-order chi connectivity index (χ1) is 14.1. The van der Waals surface area contributed by atoms with Crippen molar-refractivity contribution in [2.24, 2.45) is 0 Å². The summed E-state index contributed by atoms with van der Waals surface area (Å²) in [6, 6.07) is 19.9. The molecule has 0 aromatic heterocycles. The van der Waals surface area contributed by atoms with Crippen molar-refractivity contribution < 1.29 is 4.74 Å². The molecule has 3 aromatic carbocycles. The summed E-state index contributed by atoms with van der Waals surface area (Å²) in [5, 5.41) is 3.37. The number of fused-ring (bicyclic) bond motifs is 2. The molecule has 1 heterocycles. The minimum Gasteiger partial charge on any atom is -0.487 e. The number of hydrogen-bond donors (Lipinski definition) is 0. The first-order valence-electron chi connectivity index (χ1n) is 10.8. The quantitative estimate of drug-likeness (QED) is 0.448. The lowest BCUT2D eigenvalue weighted by Crippen LogP contribution is -2.44. The fourth-order valence-corrected chi connectivity index (χ4v) is 5.69. The monoisotopic (exact) mass is 405 g/mol. The van der Waals surface area contributed by atoms with Gasteiger partial charge in [-0.2, -0.15) is 0 Å². The van der Waals surface area contributed by atoms with Crippen LogP contribution in [0.3, 0.4) is 0 Å². The Balaban J connectivity index is 1.63. The Kier molecular flexibility index (Phi) is 4.70. The van der Waals surface area contributed by atoms with Crippen LogP contribution in [0.1, 0.15) is 56.2 Å². The first-order valence-corrected chi connectivity index (χ1v) is 11.2. The third kappa shape index (κ3) is 3.28. The lowest BCUT2D eigenvalue weighted by Gasteiger charge is -2.45. The van der Waals surface area contributed by atoms with Gasteiger partial charge in [0.2, 0.25) is 0 Å². The summed E-state index contributed by atoms with van der Waals surface area (Å²) in [6.07, 6.45) is 5.86. The van der Waals surface area contributed by atoms with Gasteiger partial charge in [0.15, 0.2) is 0 Å². The van der Waals surface area contributed by atoms with Crippen molar-refractivity contribution in [1.29, 1.82) is 0 Å². The Hall–Kier alpha value is -2.19. The molecule has 2 nitrogen and oxygen atoms in total. The maximum absolute atomic E-state index is 6.71. The number of aryl methyl sites for hydroxylation is 1. The van der Waals surface area contributed by atoms with E-state index < -0.39 is 0 Å². The molecule has 1 unspecified atom stereocenters. The fourth-order valence-electron chi connectivity index (χ4n) is 5.41. The van der Waals surface area contributed by atoms with E-state index >= 15 is 0 Å². The minimum absolute atomic E-state index is 0.0273. The lowest BCUT2D eigenvalue weighted by atomic mass is 9.84. The van der Waals surface area contributed by atoms with E-state index in [-0.39, 0.29) is 11.6 Å². The van der Waals surface area contributed by atoms with E-state index in [1.807, 2.05) is 6.07 Å². The van der Waals surface area contributed by atoms with Crippen molar-refractivity contribution in [1.82, 2.24) is 0 Å². The summed E-state index contributed by atoms with van der Waals surface area (Å²) in [5.74, 6) is 1.06. The van der Waals surface area contributed by atoms with Crippen molar-refractivity contribution in [3.63, 3.8) is 0 Å². The molecule has 0 N–H and O–H groups in total. The van der Waals surface area contributed by atoms with Gasteiger partial charge in [0.25, 0.3) is 0 Å². The van der Waals surface area contributed by atoms with Gasteiger partial charge in [0, 0.05) is 29.2 Å². The highest BCUT2D eigenvalue weighted by atomic mass is 35.5. The molecular formula is C26H28ClNO. The van der Waals surface area contributed by atoms with E-state index in [4.69, 9.17) is 16.3 Å². The van der Waals surface area contributed by atoms with E-state index in [9.17, 15) is 0 Å². The van der Waals surface area contributed by atoms with Crippen LogP contribution in [0.2, 0.25) is 5.02 Å². The Morgan fingerprint density at radius 1 is 1.03 bits per heavy atom. The van der Waals surface area contributed by atoms with Crippen LogP contribution in [0.4, 0.5) is 5.69 Å². The number of halogens is 1. The number of ether oxygens (including phenoxy) is 1. The normalized spacial score (nSPS) is 19.9. The molecule has 1 aliphatic heterocycles. The molecule has 0 radical (unpaired) electrons. The molecule has 1 aliphatic carbocycles. The highest BCUT2D eigenvalue weighted by Crippen LogP contribution is 2.51. The topological polar surface area (TPSA) is 12.5 Å². The predicted octanol–water partition coefficient (Wildman–Crippen LogP) is 7.46. The van der Waals surface area contributed by atoms with E-state index in [0.29, 0.717) is 0 Å². The Labute approximate surface area is 178 Å². The van der Waals surface area contributed by atoms with Gasteiger partial charge in [-0.3, -0.25) is 0 Å². The van der Waals surface area contributed by atoms with Crippen LogP contribution in [0.25, 0.3) is 10.8 Å².